The summed E-state index contributed by atoms with van der Waals surface area (Å²) in [5.41, 5.74) is 1.55. The van der Waals surface area contributed by atoms with Crippen LogP contribution in [-0.4, -0.2) is 35.6 Å². The second-order valence-electron chi connectivity index (χ2n) is 4.16. The zero-order chi connectivity index (χ0) is 12.1. The van der Waals surface area contributed by atoms with Gasteiger partial charge in [0, 0.05) is 18.3 Å². The van der Waals surface area contributed by atoms with Gasteiger partial charge in [-0.2, -0.15) is 11.8 Å². The molecule has 1 fully saturated rings. The van der Waals surface area contributed by atoms with E-state index in [1.807, 2.05) is 17.8 Å². The maximum atomic E-state index is 11.3. The van der Waals surface area contributed by atoms with Crippen LogP contribution < -0.4 is 5.32 Å². The highest BCUT2D eigenvalue weighted by Crippen LogP contribution is 2.17. The molecule has 1 saturated heterocycles. The van der Waals surface area contributed by atoms with Gasteiger partial charge in [0.1, 0.15) is 5.69 Å². The van der Waals surface area contributed by atoms with Gasteiger partial charge in [0.05, 0.1) is 7.11 Å². The molecule has 5 heteroatoms. The van der Waals surface area contributed by atoms with Gasteiger partial charge in [0.2, 0.25) is 0 Å². The van der Waals surface area contributed by atoms with E-state index in [4.69, 9.17) is 0 Å². The Labute approximate surface area is 106 Å². The van der Waals surface area contributed by atoms with Crippen molar-refractivity contribution in [1.29, 1.82) is 0 Å². The van der Waals surface area contributed by atoms with Crippen LogP contribution in [-0.2, 0) is 11.3 Å². The molecule has 17 heavy (non-hydrogen) atoms. The molecule has 0 bridgehead atoms. The summed E-state index contributed by atoms with van der Waals surface area (Å²) in [7, 11) is 1.39. The second-order valence-corrected chi connectivity index (χ2v) is 5.38. The lowest BCUT2D eigenvalue weighted by molar-refractivity contribution is 0.0594. The third-order valence-corrected chi connectivity index (χ3v) is 4.00. The average Bonchev–Trinajstić information content (AvgIpc) is 2.85. The molecule has 2 heterocycles. The van der Waals surface area contributed by atoms with E-state index in [1.165, 1.54) is 31.5 Å². The van der Waals surface area contributed by atoms with Crippen molar-refractivity contribution >= 4 is 17.7 Å². The van der Waals surface area contributed by atoms with Gasteiger partial charge < -0.3 is 15.0 Å². The Kier molecular flexibility index (Phi) is 4.50. The molecule has 94 valence electrons. The van der Waals surface area contributed by atoms with E-state index in [-0.39, 0.29) is 5.97 Å². The Bertz CT molecular complexity index is 372. The van der Waals surface area contributed by atoms with E-state index in [9.17, 15) is 4.79 Å². The third-order valence-electron chi connectivity index (χ3n) is 2.95. The highest BCUT2D eigenvalue weighted by molar-refractivity contribution is 7.99. The predicted molar refractivity (Wildman–Crippen MR) is 69.3 cm³/mol. The van der Waals surface area contributed by atoms with Crippen LogP contribution in [0, 0.1) is 0 Å². The fourth-order valence-corrected chi connectivity index (χ4v) is 3.03. The summed E-state index contributed by atoms with van der Waals surface area (Å²) in [6, 6.07) is 4.30. The quantitative estimate of drug-likeness (QED) is 0.804. The standard InChI is InChI=1S/C12H18N2O2S/c1-16-12(15)11-3-2-10(14-11)8-13-9-4-6-17-7-5-9/h2-3,9,13-14H,4-8H2,1H3. The van der Waals surface area contributed by atoms with Crippen molar-refractivity contribution in [1.82, 2.24) is 10.3 Å². The number of carbonyl (C=O) groups is 1. The number of H-pyrrole nitrogens is 1. The van der Waals surface area contributed by atoms with E-state index < -0.39 is 0 Å². The number of nitrogens with one attached hydrogen (secondary N) is 2. The van der Waals surface area contributed by atoms with E-state index in [0.29, 0.717) is 11.7 Å². The average molecular weight is 254 g/mol. The molecule has 0 saturated carbocycles. The number of hydrogen-bond donors (Lipinski definition) is 2. The van der Waals surface area contributed by atoms with Crippen LogP contribution in [0.25, 0.3) is 0 Å². The molecule has 0 aromatic carbocycles. The first kappa shape index (κ1) is 12.5. The number of hydrogen-bond acceptors (Lipinski definition) is 4. The van der Waals surface area contributed by atoms with Crippen molar-refractivity contribution in [2.75, 3.05) is 18.6 Å². The normalized spacial score (nSPS) is 17.0. The minimum absolute atomic E-state index is 0.315. The monoisotopic (exact) mass is 254 g/mol. The van der Waals surface area contributed by atoms with Crippen LogP contribution in [0.5, 0.6) is 0 Å². The van der Waals surface area contributed by atoms with Crippen LogP contribution in [0.4, 0.5) is 0 Å². The second kappa shape index (κ2) is 6.12. The first-order chi connectivity index (χ1) is 8.29. The molecule has 1 aromatic heterocycles. The van der Waals surface area contributed by atoms with Gasteiger partial charge >= 0.3 is 5.97 Å². The molecule has 0 amide bonds. The lowest BCUT2D eigenvalue weighted by atomic mass is 10.1. The molecule has 2 N–H and O–H groups in total. The number of aromatic nitrogens is 1. The first-order valence-corrected chi connectivity index (χ1v) is 7.02. The summed E-state index contributed by atoms with van der Waals surface area (Å²) in [5.74, 6) is 2.18. The summed E-state index contributed by atoms with van der Waals surface area (Å²) in [4.78, 5) is 14.3. The lowest BCUT2D eigenvalue weighted by Gasteiger charge is -2.22. The molecule has 0 spiro atoms. The Morgan fingerprint density at radius 2 is 2.29 bits per heavy atom. The largest absolute Gasteiger partial charge is 0.464 e. The Balaban J connectivity index is 1.82. The molecule has 4 nitrogen and oxygen atoms in total. The summed E-state index contributed by atoms with van der Waals surface area (Å²) >= 11 is 2.02. The van der Waals surface area contributed by atoms with E-state index in [2.05, 4.69) is 15.0 Å². The number of methoxy groups -OCH3 is 1. The highest BCUT2D eigenvalue weighted by Gasteiger charge is 2.13. The minimum Gasteiger partial charge on any atom is -0.464 e. The Morgan fingerprint density at radius 1 is 1.53 bits per heavy atom. The van der Waals surface area contributed by atoms with Crippen LogP contribution in [0.1, 0.15) is 29.0 Å². The lowest BCUT2D eigenvalue weighted by Crippen LogP contribution is -2.32. The van der Waals surface area contributed by atoms with Gasteiger partial charge in [-0.25, -0.2) is 4.79 Å². The van der Waals surface area contributed by atoms with Gasteiger partial charge in [-0.15, -0.1) is 0 Å². The molecular weight excluding hydrogens is 236 g/mol. The van der Waals surface area contributed by atoms with Gasteiger partial charge in [-0.05, 0) is 36.5 Å². The van der Waals surface area contributed by atoms with E-state index in [0.717, 1.165) is 12.2 Å². The smallest absolute Gasteiger partial charge is 0.354 e. The first-order valence-electron chi connectivity index (χ1n) is 5.87. The Hall–Kier alpha value is -0.940. The van der Waals surface area contributed by atoms with Gasteiger partial charge in [-0.1, -0.05) is 0 Å². The van der Waals surface area contributed by atoms with Crippen LogP contribution in [0.3, 0.4) is 0 Å². The van der Waals surface area contributed by atoms with Crippen molar-refractivity contribution in [3.05, 3.63) is 23.5 Å². The summed E-state index contributed by atoms with van der Waals surface area (Å²) in [6.45, 7) is 0.784. The molecule has 0 radical (unpaired) electrons. The van der Waals surface area contributed by atoms with Crippen LogP contribution in [0.2, 0.25) is 0 Å². The molecular formula is C12H18N2O2S. The maximum absolute atomic E-state index is 11.3. The molecule has 2 rings (SSSR count). The molecule has 0 unspecified atom stereocenters. The van der Waals surface area contributed by atoms with Gasteiger partial charge in [-0.3, -0.25) is 0 Å². The van der Waals surface area contributed by atoms with Crippen molar-refractivity contribution in [2.45, 2.75) is 25.4 Å². The molecule has 0 atom stereocenters. The van der Waals surface area contributed by atoms with Gasteiger partial charge in [0.25, 0.3) is 0 Å². The molecule has 1 aromatic rings. The van der Waals surface area contributed by atoms with Crippen LogP contribution >= 0.6 is 11.8 Å². The number of aromatic amines is 1. The van der Waals surface area contributed by atoms with Crippen molar-refractivity contribution in [3.63, 3.8) is 0 Å². The maximum Gasteiger partial charge on any atom is 0.354 e. The van der Waals surface area contributed by atoms with Gasteiger partial charge in [0.15, 0.2) is 0 Å². The zero-order valence-electron chi connectivity index (χ0n) is 9.99. The SMILES string of the molecule is COC(=O)c1ccc(CNC2CCSCC2)[nH]1. The van der Waals surface area contributed by atoms with Crippen molar-refractivity contribution < 1.29 is 9.53 Å². The summed E-state index contributed by atoms with van der Waals surface area (Å²) in [5, 5.41) is 3.51. The Morgan fingerprint density at radius 3 is 3.00 bits per heavy atom. The van der Waals surface area contributed by atoms with E-state index >= 15 is 0 Å². The van der Waals surface area contributed by atoms with E-state index in [1.54, 1.807) is 6.07 Å². The fraction of sp³-hybridized carbons (Fsp3) is 0.583. The zero-order valence-corrected chi connectivity index (χ0v) is 10.8. The number of thioether (sulfide) groups is 1. The van der Waals surface area contributed by atoms with Crippen molar-refractivity contribution in [2.24, 2.45) is 0 Å². The number of carbonyl (C=O) groups excluding carboxylic acids is 1. The fourth-order valence-electron chi connectivity index (χ4n) is 1.93. The van der Waals surface area contributed by atoms with Crippen LogP contribution in [0.15, 0.2) is 12.1 Å². The van der Waals surface area contributed by atoms with Crippen molar-refractivity contribution in [3.8, 4) is 0 Å². The molecule has 0 aliphatic carbocycles. The minimum atomic E-state index is -0.315. The summed E-state index contributed by atoms with van der Waals surface area (Å²) in [6.07, 6.45) is 2.46. The number of ether oxygens (including phenoxy) is 1. The third kappa shape index (κ3) is 3.51. The number of rotatable bonds is 4. The highest BCUT2D eigenvalue weighted by atomic mass is 32.2. The molecule has 1 aliphatic rings. The molecule has 1 aliphatic heterocycles. The summed E-state index contributed by atoms with van der Waals surface area (Å²) < 4.78 is 4.65. The number of esters is 1. The predicted octanol–water partition coefficient (Wildman–Crippen LogP) is 1.79. The topological polar surface area (TPSA) is 54.1 Å².